The number of H-pyrrole nitrogens is 1. The molecule has 0 aliphatic heterocycles. The number of rotatable bonds is 1. The summed E-state index contributed by atoms with van der Waals surface area (Å²) in [5.41, 5.74) is 1.70. The molecule has 2 aromatic heterocycles. The number of nitrogens with zero attached hydrogens (tertiary/aromatic N) is 2. The number of hydrogen-bond donors (Lipinski definition) is 2. The number of fused-ring (bicyclic) bond motifs is 1. The van der Waals surface area contributed by atoms with E-state index in [0.29, 0.717) is 11.0 Å². The molecule has 0 spiro atoms. The standard InChI is InChI=1S/C7H7ClN4/c1-9-7-6-4(10-3-11-6)2-5(8)12-7/h2-3H,1H3,(H,9,12)(H,10,11). The van der Waals surface area contributed by atoms with Gasteiger partial charge in [0.1, 0.15) is 10.7 Å². The van der Waals surface area contributed by atoms with E-state index < -0.39 is 0 Å². The van der Waals surface area contributed by atoms with Crippen molar-refractivity contribution in [3.05, 3.63) is 17.5 Å². The van der Waals surface area contributed by atoms with Crippen LogP contribution >= 0.6 is 11.6 Å². The first-order chi connectivity index (χ1) is 5.81. The zero-order chi connectivity index (χ0) is 8.55. The predicted molar refractivity (Wildman–Crippen MR) is 48.4 cm³/mol. The van der Waals surface area contributed by atoms with Crippen molar-refractivity contribution in [1.29, 1.82) is 0 Å². The van der Waals surface area contributed by atoms with Gasteiger partial charge in [-0.15, -0.1) is 0 Å². The molecule has 12 heavy (non-hydrogen) atoms. The highest BCUT2D eigenvalue weighted by molar-refractivity contribution is 6.30. The highest BCUT2D eigenvalue weighted by Crippen LogP contribution is 2.20. The van der Waals surface area contributed by atoms with Gasteiger partial charge in [-0.25, -0.2) is 9.97 Å². The quantitative estimate of drug-likeness (QED) is 0.660. The second-order valence-electron chi connectivity index (χ2n) is 2.34. The summed E-state index contributed by atoms with van der Waals surface area (Å²) in [7, 11) is 1.78. The van der Waals surface area contributed by atoms with Gasteiger partial charge in [0.2, 0.25) is 0 Å². The molecule has 0 atom stereocenters. The van der Waals surface area contributed by atoms with Crippen LogP contribution in [0.25, 0.3) is 11.0 Å². The number of aromatic nitrogens is 3. The van der Waals surface area contributed by atoms with Gasteiger partial charge in [-0.3, -0.25) is 0 Å². The second-order valence-corrected chi connectivity index (χ2v) is 2.73. The van der Waals surface area contributed by atoms with Gasteiger partial charge in [-0.2, -0.15) is 0 Å². The molecular formula is C7H7ClN4. The van der Waals surface area contributed by atoms with Gasteiger partial charge < -0.3 is 10.3 Å². The molecule has 4 nitrogen and oxygen atoms in total. The Morgan fingerprint density at radius 3 is 3.17 bits per heavy atom. The normalized spacial score (nSPS) is 10.5. The minimum absolute atomic E-state index is 0.455. The lowest BCUT2D eigenvalue weighted by atomic mass is 10.4. The molecule has 0 saturated heterocycles. The van der Waals surface area contributed by atoms with Crippen molar-refractivity contribution < 1.29 is 0 Å². The molecule has 62 valence electrons. The maximum absolute atomic E-state index is 5.76. The van der Waals surface area contributed by atoms with E-state index in [4.69, 9.17) is 11.6 Å². The Balaban J connectivity index is 2.80. The molecule has 0 radical (unpaired) electrons. The van der Waals surface area contributed by atoms with Crippen LogP contribution in [0.5, 0.6) is 0 Å². The molecule has 0 bridgehead atoms. The third-order valence-corrected chi connectivity index (χ3v) is 1.81. The van der Waals surface area contributed by atoms with Crippen LogP contribution in [0.1, 0.15) is 0 Å². The highest BCUT2D eigenvalue weighted by Gasteiger charge is 2.04. The van der Waals surface area contributed by atoms with Gasteiger partial charge in [0.15, 0.2) is 5.82 Å². The number of imidazole rings is 1. The first-order valence-corrected chi connectivity index (χ1v) is 3.86. The van der Waals surface area contributed by atoms with Crippen LogP contribution < -0.4 is 5.32 Å². The van der Waals surface area contributed by atoms with E-state index in [1.54, 1.807) is 19.4 Å². The van der Waals surface area contributed by atoms with Crippen molar-refractivity contribution in [2.24, 2.45) is 0 Å². The van der Waals surface area contributed by atoms with Crippen molar-refractivity contribution in [2.75, 3.05) is 12.4 Å². The number of anilines is 1. The number of nitrogens with one attached hydrogen (secondary N) is 2. The van der Waals surface area contributed by atoms with Crippen molar-refractivity contribution in [2.45, 2.75) is 0 Å². The van der Waals surface area contributed by atoms with E-state index >= 15 is 0 Å². The smallest absolute Gasteiger partial charge is 0.155 e. The molecule has 2 rings (SSSR count). The highest BCUT2D eigenvalue weighted by atomic mass is 35.5. The Morgan fingerprint density at radius 2 is 2.42 bits per heavy atom. The minimum atomic E-state index is 0.455. The van der Waals surface area contributed by atoms with Crippen LogP contribution in [0.2, 0.25) is 5.15 Å². The van der Waals surface area contributed by atoms with Crippen LogP contribution in [0.3, 0.4) is 0 Å². The molecule has 0 amide bonds. The molecule has 0 saturated carbocycles. The van der Waals surface area contributed by atoms with Crippen LogP contribution in [0.4, 0.5) is 5.82 Å². The lowest BCUT2D eigenvalue weighted by Gasteiger charge is -1.99. The Kier molecular flexibility index (Phi) is 1.62. The fourth-order valence-electron chi connectivity index (χ4n) is 1.09. The zero-order valence-electron chi connectivity index (χ0n) is 6.43. The maximum atomic E-state index is 5.76. The van der Waals surface area contributed by atoms with E-state index in [9.17, 15) is 0 Å². The van der Waals surface area contributed by atoms with Gasteiger partial charge in [-0.05, 0) is 0 Å². The zero-order valence-corrected chi connectivity index (χ0v) is 7.18. The molecule has 0 aliphatic rings. The van der Waals surface area contributed by atoms with E-state index in [2.05, 4.69) is 20.3 Å². The average molecular weight is 183 g/mol. The summed E-state index contributed by atoms with van der Waals surface area (Å²) >= 11 is 5.76. The Hall–Kier alpha value is -1.29. The Morgan fingerprint density at radius 1 is 1.58 bits per heavy atom. The van der Waals surface area contributed by atoms with Gasteiger partial charge in [0, 0.05) is 13.1 Å². The maximum Gasteiger partial charge on any atom is 0.155 e. The minimum Gasteiger partial charge on any atom is -0.371 e. The summed E-state index contributed by atoms with van der Waals surface area (Å²) in [6.07, 6.45) is 1.61. The number of pyridine rings is 1. The summed E-state index contributed by atoms with van der Waals surface area (Å²) in [6.45, 7) is 0. The van der Waals surface area contributed by atoms with Crippen molar-refractivity contribution in [1.82, 2.24) is 15.0 Å². The fourth-order valence-corrected chi connectivity index (χ4v) is 1.28. The Bertz CT molecular complexity index is 409. The van der Waals surface area contributed by atoms with Crippen LogP contribution in [-0.4, -0.2) is 22.0 Å². The van der Waals surface area contributed by atoms with E-state index in [0.717, 1.165) is 11.0 Å². The van der Waals surface area contributed by atoms with Gasteiger partial charge in [0.25, 0.3) is 0 Å². The topological polar surface area (TPSA) is 53.6 Å². The molecule has 2 aromatic rings. The fraction of sp³-hybridized carbons (Fsp3) is 0.143. The van der Waals surface area contributed by atoms with E-state index in [1.807, 2.05) is 0 Å². The largest absolute Gasteiger partial charge is 0.371 e. The first-order valence-electron chi connectivity index (χ1n) is 3.48. The van der Waals surface area contributed by atoms with Crippen LogP contribution in [0, 0.1) is 0 Å². The second kappa shape index (κ2) is 2.64. The van der Waals surface area contributed by atoms with Crippen LogP contribution in [-0.2, 0) is 0 Å². The molecule has 0 aromatic carbocycles. The van der Waals surface area contributed by atoms with E-state index in [1.165, 1.54) is 0 Å². The molecule has 2 N–H and O–H groups in total. The summed E-state index contributed by atoms with van der Waals surface area (Å²) < 4.78 is 0. The molecule has 5 heteroatoms. The van der Waals surface area contributed by atoms with Crippen molar-refractivity contribution in [3.63, 3.8) is 0 Å². The summed E-state index contributed by atoms with van der Waals surface area (Å²) in [5.74, 6) is 0.693. The van der Waals surface area contributed by atoms with Crippen molar-refractivity contribution >= 4 is 28.5 Å². The molecule has 2 heterocycles. The third kappa shape index (κ3) is 1.00. The SMILES string of the molecule is CNc1nc(Cl)cc2[nH]cnc12. The number of hydrogen-bond acceptors (Lipinski definition) is 3. The lowest BCUT2D eigenvalue weighted by molar-refractivity contribution is 1.30. The van der Waals surface area contributed by atoms with Gasteiger partial charge in [-0.1, -0.05) is 11.6 Å². The lowest BCUT2D eigenvalue weighted by Crippen LogP contribution is -1.93. The van der Waals surface area contributed by atoms with Gasteiger partial charge in [0.05, 0.1) is 11.8 Å². The third-order valence-electron chi connectivity index (χ3n) is 1.61. The summed E-state index contributed by atoms with van der Waals surface area (Å²) in [4.78, 5) is 11.1. The summed E-state index contributed by atoms with van der Waals surface area (Å²) in [6, 6.07) is 1.74. The van der Waals surface area contributed by atoms with E-state index in [-0.39, 0.29) is 0 Å². The first kappa shape index (κ1) is 7.36. The van der Waals surface area contributed by atoms with Crippen molar-refractivity contribution in [3.8, 4) is 0 Å². The molecule has 0 aliphatic carbocycles. The molecule has 0 fully saturated rings. The number of halogens is 1. The Labute approximate surface area is 74.0 Å². The average Bonchev–Trinajstić information content (AvgIpc) is 2.50. The monoisotopic (exact) mass is 182 g/mol. The van der Waals surface area contributed by atoms with Crippen LogP contribution in [0.15, 0.2) is 12.4 Å². The predicted octanol–water partition coefficient (Wildman–Crippen LogP) is 1.65. The number of aromatic amines is 1. The molecular weight excluding hydrogens is 176 g/mol. The van der Waals surface area contributed by atoms with Gasteiger partial charge >= 0.3 is 0 Å². The molecule has 0 unspecified atom stereocenters. The summed E-state index contributed by atoms with van der Waals surface area (Å²) in [5, 5.41) is 3.37.